The van der Waals surface area contributed by atoms with Gasteiger partial charge in [-0.2, -0.15) is 0 Å². The molecule has 2 amide bonds. The zero-order chi connectivity index (χ0) is 20.4. The van der Waals surface area contributed by atoms with Crippen LogP contribution in [0, 0.1) is 0 Å². The van der Waals surface area contributed by atoms with Crippen molar-refractivity contribution < 1.29 is 19.4 Å². The number of aryl methyl sites for hydroxylation is 1. The number of anilines is 1. The topological polar surface area (TPSA) is 78.9 Å². The zero-order valence-corrected chi connectivity index (χ0v) is 17.1. The molecule has 7 heteroatoms. The summed E-state index contributed by atoms with van der Waals surface area (Å²) < 4.78 is 6.03. The number of nitrogens with zero attached hydrogens (tertiary/aromatic N) is 1. The van der Waals surface area contributed by atoms with Crippen LogP contribution >= 0.6 is 11.8 Å². The van der Waals surface area contributed by atoms with E-state index in [2.05, 4.69) is 5.32 Å². The molecule has 6 nitrogen and oxygen atoms in total. The Kier molecular flexibility index (Phi) is 5.78. The molecule has 2 atom stereocenters. The van der Waals surface area contributed by atoms with Crippen molar-refractivity contribution in [2.45, 2.75) is 36.4 Å². The predicted molar refractivity (Wildman–Crippen MR) is 113 cm³/mol. The number of carbonyl (C=O) groups excluding carboxylic acids is 2. The highest BCUT2D eigenvalue weighted by Gasteiger charge is 2.32. The van der Waals surface area contributed by atoms with Crippen molar-refractivity contribution in [3.63, 3.8) is 0 Å². The molecule has 29 heavy (non-hydrogen) atoms. The van der Waals surface area contributed by atoms with Gasteiger partial charge in [0, 0.05) is 30.0 Å². The number of aliphatic hydroxyl groups is 1. The molecule has 0 radical (unpaired) electrons. The lowest BCUT2D eigenvalue weighted by atomic mass is 10.0. The van der Waals surface area contributed by atoms with Crippen molar-refractivity contribution >= 4 is 29.3 Å². The number of likely N-dealkylation sites (tertiary alicyclic amines) is 1. The van der Waals surface area contributed by atoms with Crippen LogP contribution in [0.2, 0.25) is 0 Å². The fraction of sp³-hybridized carbons (Fsp3) is 0.364. The summed E-state index contributed by atoms with van der Waals surface area (Å²) in [5, 5.41) is 13.5. The predicted octanol–water partition coefficient (Wildman–Crippen LogP) is 2.95. The van der Waals surface area contributed by atoms with Gasteiger partial charge in [-0.1, -0.05) is 12.1 Å². The van der Waals surface area contributed by atoms with Gasteiger partial charge in [0.2, 0.25) is 5.91 Å². The number of carbonyl (C=O) groups is 2. The highest BCUT2D eigenvalue weighted by molar-refractivity contribution is 7.98. The maximum absolute atomic E-state index is 12.9. The van der Waals surface area contributed by atoms with Crippen molar-refractivity contribution in [1.29, 1.82) is 0 Å². The first-order chi connectivity index (χ1) is 14.0. The van der Waals surface area contributed by atoms with Gasteiger partial charge in [-0.15, -0.1) is 11.8 Å². The number of nitrogens with one attached hydrogen (secondary N) is 1. The standard InChI is InChI=1S/C22H24N2O4S/c1-29-20-5-3-2-4-16(20)22(27)24-11-10-19(18(25)13-24)28-15-7-8-17-14(12-15)6-9-21(26)23-17/h2-5,7-8,12,18-19,25H,6,9-11,13H2,1H3,(H,23,26)/t18-,19-/m1/s1. The van der Waals surface area contributed by atoms with Gasteiger partial charge in [0.25, 0.3) is 5.91 Å². The highest BCUT2D eigenvalue weighted by Crippen LogP contribution is 2.29. The fourth-order valence-corrected chi connectivity index (χ4v) is 4.42. The Balaban J connectivity index is 1.41. The molecule has 0 spiro atoms. The zero-order valence-electron chi connectivity index (χ0n) is 16.3. The Morgan fingerprint density at radius 1 is 1.24 bits per heavy atom. The van der Waals surface area contributed by atoms with Gasteiger partial charge >= 0.3 is 0 Å². The SMILES string of the molecule is CSc1ccccc1C(=O)N1CC[C@@H](Oc2ccc3c(c2)CCC(=O)N3)[C@H](O)C1. The number of fused-ring (bicyclic) bond motifs is 1. The first-order valence-corrected chi connectivity index (χ1v) is 11.0. The Labute approximate surface area is 174 Å². The van der Waals surface area contributed by atoms with Gasteiger partial charge < -0.3 is 20.1 Å². The number of rotatable bonds is 4. The number of benzene rings is 2. The number of aliphatic hydroxyl groups excluding tert-OH is 1. The maximum Gasteiger partial charge on any atom is 0.255 e. The molecule has 2 aliphatic rings. The third-order valence-corrected chi connectivity index (χ3v) is 6.20. The minimum Gasteiger partial charge on any atom is -0.488 e. The van der Waals surface area contributed by atoms with Crippen molar-refractivity contribution in [3.05, 3.63) is 53.6 Å². The van der Waals surface area contributed by atoms with E-state index in [0.29, 0.717) is 37.1 Å². The normalized spacial score (nSPS) is 21.3. The molecule has 4 rings (SSSR count). The molecule has 2 aliphatic heterocycles. The fourth-order valence-electron chi connectivity index (χ4n) is 3.83. The summed E-state index contributed by atoms with van der Waals surface area (Å²) in [7, 11) is 0. The van der Waals surface area contributed by atoms with Crippen LogP contribution in [0.5, 0.6) is 5.75 Å². The Morgan fingerprint density at radius 3 is 2.86 bits per heavy atom. The second kappa shape index (κ2) is 8.47. The summed E-state index contributed by atoms with van der Waals surface area (Å²) in [4.78, 5) is 27.0. The minimum atomic E-state index is -0.759. The molecule has 0 saturated carbocycles. The van der Waals surface area contributed by atoms with E-state index in [1.807, 2.05) is 48.7 Å². The molecule has 2 aromatic rings. The van der Waals surface area contributed by atoms with Gasteiger partial charge in [-0.25, -0.2) is 0 Å². The molecule has 2 N–H and O–H groups in total. The van der Waals surface area contributed by atoms with Gasteiger partial charge in [0.05, 0.1) is 12.1 Å². The second-order valence-electron chi connectivity index (χ2n) is 7.33. The van der Waals surface area contributed by atoms with Gasteiger partial charge in [-0.3, -0.25) is 9.59 Å². The number of β-amino-alcohol motifs (C(OH)–C–C–N with tert-alkyl or cyclic N) is 1. The molecular weight excluding hydrogens is 388 g/mol. The molecule has 0 aliphatic carbocycles. The monoisotopic (exact) mass is 412 g/mol. The quantitative estimate of drug-likeness (QED) is 0.755. The lowest BCUT2D eigenvalue weighted by Crippen LogP contribution is -2.51. The molecule has 2 heterocycles. The van der Waals surface area contributed by atoms with Crippen LogP contribution in [0.4, 0.5) is 5.69 Å². The summed E-state index contributed by atoms with van der Waals surface area (Å²) in [5.41, 5.74) is 2.53. The smallest absolute Gasteiger partial charge is 0.255 e. The van der Waals surface area contributed by atoms with Crippen molar-refractivity contribution in [2.24, 2.45) is 0 Å². The van der Waals surface area contributed by atoms with Crippen LogP contribution in [0.1, 0.15) is 28.8 Å². The van der Waals surface area contributed by atoms with Crippen molar-refractivity contribution in [3.8, 4) is 5.75 Å². The van der Waals surface area contributed by atoms with Crippen LogP contribution in [0.3, 0.4) is 0 Å². The van der Waals surface area contributed by atoms with E-state index in [1.54, 1.807) is 16.7 Å². The molecule has 0 unspecified atom stereocenters. The van der Waals surface area contributed by atoms with Crippen LogP contribution in [0.25, 0.3) is 0 Å². The molecule has 0 aromatic heterocycles. The molecule has 2 aromatic carbocycles. The first kappa shape index (κ1) is 19.8. The Hall–Kier alpha value is -2.51. The maximum atomic E-state index is 12.9. The summed E-state index contributed by atoms with van der Waals surface area (Å²) in [6.45, 7) is 0.775. The van der Waals surface area contributed by atoms with E-state index >= 15 is 0 Å². The van der Waals surface area contributed by atoms with E-state index in [4.69, 9.17) is 4.74 Å². The van der Waals surface area contributed by atoms with Crippen LogP contribution in [0.15, 0.2) is 47.4 Å². The third kappa shape index (κ3) is 4.26. The molecule has 0 bridgehead atoms. The lowest BCUT2D eigenvalue weighted by Gasteiger charge is -2.36. The van der Waals surface area contributed by atoms with E-state index in [9.17, 15) is 14.7 Å². The Bertz CT molecular complexity index is 933. The van der Waals surface area contributed by atoms with Crippen LogP contribution in [-0.2, 0) is 11.2 Å². The Morgan fingerprint density at radius 2 is 2.07 bits per heavy atom. The first-order valence-electron chi connectivity index (χ1n) is 9.75. The van der Waals surface area contributed by atoms with E-state index in [1.165, 1.54) is 0 Å². The average molecular weight is 413 g/mol. The largest absolute Gasteiger partial charge is 0.488 e. The second-order valence-corrected chi connectivity index (χ2v) is 8.18. The number of hydrogen-bond donors (Lipinski definition) is 2. The van der Waals surface area contributed by atoms with Crippen molar-refractivity contribution in [2.75, 3.05) is 24.7 Å². The summed E-state index contributed by atoms with van der Waals surface area (Å²) >= 11 is 1.54. The number of ether oxygens (including phenoxy) is 1. The number of amides is 2. The minimum absolute atomic E-state index is 0.0293. The highest BCUT2D eigenvalue weighted by atomic mass is 32.2. The van der Waals surface area contributed by atoms with Crippen LogP contribution in [-0.4, -0.2) is 53.4 Å². The molecule has 152 valence electrons. The van der Waals surface area contributed by atoms with Gasteiger partial charge in [-0.05, 0) is 48.6 Å². The number of hydrogen-bond acceptors (Lipinski definition) is 5. The van der Waals surface area contributed by atoms with E-state index < -0.39 is 6.10 Å². The lowest BCUT2D eigenvalue weighted by molar-refractivity contribution is -0.116. The molecule has 1 saturated heterocycles. The number of thioether (sulfide) groups is 1. The van der Waals surface area contributed by atoms with E-state index in [-0.39, 0.29) is 24.5 Å². The average Bonchev–Trinajstić information content (AvgIpc) is 2.74. The molecular formula is C22H24N2O4S. The molecule has 1 fully saturated rings. The van der Waals surface area contributed by atoms with E-state index in [0.717, 1.165) is 16.1 Å². The third-order valence-electron chi connectivity index (χ3n) is 5.40. The number of piperidine rings is 1. The van der Waals surface area contributed by atoms with Crippen LogP contribution < -0.4 is 10.1 Å². The summed E-state index contributed by atoms with van der Waals surface area (Å²) in [6, 6.07) is 13.1. The summed E-state index contributed by atoms with van der Waals surface area (Å²) in [5.74, 6) is 0.648. The van der Waals surface area contributed by atoms with Gasteiger partial charge in [0.1, 0.15) is 18.0 Å². The summed E-state index contributed by atoms with van der Waals surface area (Å²) in [6.07, 6.45) is 2.53. The van der Waals surface area contributed by atoms with Crippen molar-refractivity contribution in [1.82, 2.24) is 4.90 Å². The van der Waals surface area contributed by atoms with Gasteiger partial charge in [0.15, 0.2) is 0 Å².